The summed E-state index contributed by atoms with van der Waals surface area (Å²) in [6, 6.07) is 19.9. The third-order valence-corrected chi connectivity index (χ3v) is 5.85. The molecule has 0 N–H and O–H groups in total. The van der Waals surface area contributed by atoms with Gasteiger partial charge in [0.15, 0.2) is 0 Å². The molecule has 2 aromatic carbocycles. The maximum atomic E-state index is 11.5. The predicted octanol–water partition coefficient (Wildman–Crippen LogP) is 9.16. The first-order chi connectivity index (χ1) is 13.3. The Morgan fingerprint density at radius 1 is 0.759 bits per heavy atom. The van der Waals surface area contributed by atoms with Gasteiger partial charge in [-0.3, -0.25) is 4.21 Å². The van der Waals surface area contributed by atoms with Crippen molar-refractivity contribution in [3.05, 3.63) is 60.7 Å². The second-order valence-corrected chi connectivity index (χ2v) is 8.10. The largest absolute Gasteiger partial charge is 0.254 e. The summed E-state index contributed by atoms with van der Waals surface area (Å²) in [7, 11) is -0.868. The first kappa shape index (κ1) is 35.9. The van der Waals surface area contributed by atoms with Crippen molar-refractivity contribution in [2.75, 3.05) is 23.3 Å². The topological polar surface area (TPSA) is 17.1 Å². The first-order valence-corrected chi connectivity index (χ1v) is 12.9. The Morgan fingerprint density at radius 2 is 1.21 bits per heavy atom. The minimum absolute atomic E-state index is 0. The molecule has 5 heteroatoms. The summed E-state index contributed by atoms with van der Waals surface area (Å²) in [5.41, 5.74) is 0. The molecular weight excluding hydrogens is 439 g/mol. The zero-order chi connectivity index (χ0) is 20.8. The maximum absolute atomic E-state index is 11.5. The van der Waals surface area contributed by atoms with Crippen LogP contribution in [0.1, 0.15) is 55.4 Å². The van der Waals surface area contributed by atoms with Crippen LogP contribution in [0.3, 0.4) is 0 Å². The maximum Gasteiger partial charge on any atom is 0.0529 e. The fourth-order valence-electron chi connectivity index (χ4n) is 1.64. The van der Waals surface area contributed by atoms with E-state index in [1.54, 1.807) is 0 Å². The van der Waals surface area contributed by atoms with Crippen molar-refractivity contribution in [2.45, 2.75) is 65.2 Å². The van der Waals surface area contributed by atoms with Gasteiger partial charge in [0.05, 0.1) is 10.8 Å². The number of hydrogen-bond donors (Lipinski definition) is 0. The van der Waals surface area contributed by atoms with E-state index in [1.807, 2.05) is 75.9 Å². The van der Waals surface area contributed by atoms with E-state index in [0.29, 0.717) is 11.6 Å². The molecule has 170 valence electrons. The number of rotatable bonds is 8. The Morgan fingerprint density at radius 3 is 1.66 bits per heavy atom. The van der Waals surface area contributed by atoms with E-state index < -0.39 is 10.8 Å². The van der Waals surface area contributed by atoms with E-state index in [1.165, 1.54) is 4.90 Å². The monoisotopic (exact) mass is 480 g/mol. The third-order valence-electron chi connectivity index (χ3n) is 2.76. The lowest BCUT2D eigenvalue weighted by atomic mass is 10.4. The van der Waals surface area contributed by atoms with Crippen molar-refractivity contribution in [1.29, 1.82) is 0 Å². The van der Waals surface area contributed by atoms with Gasteiger partial charge in [0.25, 0.3) is 0 Å². The molecule has 0 amide bonds. The molecule has 2 aromatic rings. The Balaban J connectivity index is -0.000000174. The summed E-state index contributed by atoms with van der Waals surface area (Å²) in [6.07, 6.45) is 1.89. The third kappa shape index (κ3) is 22.0. The van der Waals surface area contributed by atoms with Crippen LogP contribution in [0.5, 0.6) is 0 Å². The van der Waals surface area contributed by atoms with Gasteiger partial charge in [-0.25, -0.2) is 0 Å². The highest BCUT2D eigenvalue weighted by Gasteiger charge is 2.00. The predicted molar refractivity (Wildman–Crippen MR) is 142 cm³/mol. The van der Waals surface area contributed by atoms with Crippen LogP contribution in [0.15, 0.2) is 70.5 Å². The van der Waals surface area contributed by atoms with Crippen molar-refractivity contribution in [1.82, 2.24) is 0 Å². The quantitative estimate of drug-likeness (QED) is 0.212. The molecule has 0 aliphatic heterocycles. The molecule has 0 saturated carbocycles. The summed E-state index contributed by atoms with van der Waals surface area (Å²) in [5, 5.41) is 0. The van der Waals surface area contributed by atoms with Crippen LogP contribution in [-0.2, 0) is 10.8 Å². The summed E-state index contributed by atoms with van der Waals surface area (Å²) in [4.78, 5) is 2.22. The summed E-state index contributed by atoms with van der Waals surface area (Å²) in [5.74, 6) is 3.12. The molecule has 0 spiro atoms. The molecule has 1 atom stereocenters. The fraction of sp³-hybridized carbons (Fsp3) is 0.500. The number of benzene rings is 2. The van der Waals surface area contributed by atoms with Gasteiger partial charge in [0.2, 0.25) is 0 Å². The van der Waals surface area contributed by atoms with E-state index in [-0.39, 0.29) is 14.9 Å². The van der Waals surface area contributed by atoms with Crippen molar-refractivity contribution < 1.29 is 4.21 Å². The van der Waals surface area contributed by atoms with Gasteiger partial charge < -0.3 is 0 Å². The molecule has 1 nitrogen and oxygen atoms in total. The Bertz CT molecular complexity index is 537. The molecule has 0 aliphatic carbocycles. The van der Waals surface area contributed by atoms with Crippen LogP contribution in [0.4, 0.5) is 0 Å². The lowest BCUT2D eigenvalue weighted by Crippen LogP contribution is -1.97. The van der Waals surface area contributed by atoms with E-state index in [2.05, 4.69) is 24.3 Å². The molecule has 0 saturated heterocycles. The second-order valence-electron chi connectivity index (χ2n) is 4.61. The van der Waals surface area contributed by atoms with Crippen molar-refractivity contribution >= 4 is 45.8 Å². The van der Waals surface area contributed by atoms with Crippen LogP contribution in [0.2, 0.25) is 0 Å². The Hall–Kier alpha value is -0.480. The van der Waals surface area contributed by atoms with Gasteiger partial charge in [-0.2, -0.15) is 0 Å². The van der Waals surface area contributed by atoms with Gasteiger partial charge in [-0.1, -0.05) is 78.9 Å². The molecule has 29 heavy (non-hydrogen) atoms. The normalized spacial score (nSPS) is 9.45. The van der Waals surface area contributed by atoms with Crippen LogP contribution >= 0.6 is 35.0 Å². The van der Waals surface area contributed by atoms with Crippen LogP contribution in [0.25, 0.3) is 0 Å². The lowest BCUT2D eigenvalue weighted by Gasteiger charge is -1.98. The van der Waals surface area contributed by atoms with Crippen molar-refractivity contribution in [2.24, 2.45) is 0 Å². The second kappa shape index (κ2) is 29.7. The number of halogens is 2. The zero-order valence-electron chi connectivity index (χ0n) is 17.0. The summed E-state index contributed by atoms with van der Waals surface area (Å²) < 4.78 is 11.5. The van der Waals surface area contributed by atoms with E-state index in [4.69, 9.17) is 23.2 Å². The van der Waals surface area contributed by atoms with E-state index >= 15 is 0 Å². The fourth-order valence-corrected chi connectivity index (χ4v) is 4.20. The van der Waals surface area contributed by atoms with E-state index in [9.17, 15) is 4.21 Å². The van der Waals surface area contributed by atoms with Crippen LogP contribution in [-0.4, -0.2) is 27.5 Å². The van der Waals surface area contributed by atoms with Gasteiger partial charge in [0, 0.05) is 27.3 Å². The molecule has 0 fully saturated rings. The van der Waals surface area contributed by atoms with Crippen molar-refractivity contribution in [3.8, 4) is 0 Å². The number of thioether (sulfide) groups is 1. The van der Waals surface area contributed by atoms with Gasteiger partial charge in [0.1, 0.15) is 0 Å². The highest BCUT2D eigenvalue weighted by Crippen LogP contribution is 2.17. The summed E-state index contributed by atoms with van der Waals surface area (Å²) in [6.45, 7) is 8.00. The first-order valence-electron chi connectivity index (χ1n) is 9.51. The minimum Gasteiger partial charge on any atom is -0.254 e. The molecule has 2 rings (SSSR count). The van der Waals surface area contributed by atoms with Crippen LogP contribution < -0.4 is 0 Å². The van der Waals surface area contributed by atoms with E-state index in [0.717, 1.165) is 29.4 Å². The Kier molecular flexibility index (Phi) is 36.8. The molecule has 0 radical (unpaired) electrons. The highest BCUT2D eigenvalue weighted by molar-refractivity contribution is 7.99. The van der Waals surface area contributed by atoms with Crippen LogP contribution in [0, 0.1) is 0 Å². The van der Waals surface area contributed by atoms with Gasteiger partial charge in [-0.15, -0.1) is 35.0 Å². The highest BCUT2D eigenvalue weighted by atomic mass is 35.5. The average molecular weight is 482 g/mol. The molecule has 0 heterocycles. The average Bonchev–Trinajstić information content (AvgIpc) is 2.77. The molecule has 0 bridgehead atoms. The number of hydrogen-bond acceptors (Lipinski definition) is 2. The summed E-state index contributed by atoms with van der Waals surface area (Å²) >= 11 is 12.9. The minimum atomic E-state index is -0.868. The zero-order valence-corrected chi connectivity index (χ0v) is 20.1. The molecule has 0 aliphatic rings. The van der Waals surface area contributed by atoms with Gasteiger partial charge in [-0.05, 0) is 42.9 Å². The molecular formula is C24H42Cl2OS2. The number of alkyl halides is 2. The molecule has 1 unspecified atom stereocenters. The lowest BCUT2D eigenvalue weighted by molar-refractivity contribution is 0.682. The van der Waals surface area contributed by atoms with Crippen molar-refractivity contribution in [3.63, 3.8) is 0 Å². The molecule has 0 aromatic heterocycles. The SMILES string of the molecule is C.C.CC.CC.ClCCCSc1ccccc1.O=S(CCCCl)c1ccccc1. The smallest absolute Gasteiger partial charge is 0.0529 e. The van der Waals surface area contributed by atoms with Gasteiger partial charge >= 0.3 is 0 Å². The Labute approximate surface area is 198 Å². The standard InChI is InChI=1S/C9H11ClOS.C9H11ClS.2C2H6.2CH4/c10-7-4-8-12(11)9-5-2-1-3-6-9;10-7-4-8-11-9-5-2-1-3-6-9;2*1-2;;/h1-3,5-6H,4,7-8H2;1-3,5-6H,4,7-8H2;2*1-2H3;2*1H4.